The average molecular weight is 385 g/mol. The van der Waals surface area contributed by atoms with E-state index in [1.165, 1.54) is 22.3 Å². The highest BCUT2D eigenvalue weighted by atomic mass is 32.2. The summed E-state index contributed by atoms with van der Waals surface area (Å²) in [6.07, 6.45) is 4.24. The third-order valence-corrected chi connectivity index (χ3v) is 6.30. The number of aromatic nitrogens is 2. The number of cyclic esters (lactones) is 1. The molecule has 0 bridgehead atoms. The number of amides is 1. The average Bonchev–Trinajstić information content (AvgIpc) is 3.23. The second-order valence-electron chi connectivity index (χ2n) is 5.76. The van der Waals surface area contributed by atoms with Gasteiger partial charge in [-0.25, -0.2) is 14.0 Å². The van der Waals surface area contributed by atoms with E-state index in [4.69, 9.17) is 8.92 Å². The SMILES string of the molecule is O=C1OCC=CS(=O)(=O)OC2CC[C@@H](C(O)c3cn4cncc4s3)N12. The normalized spacial score (nSPS) is 27.4. The summed E-state index contributed by atoms with van der Waals surface area (Å²) in [6, 6.07) is -0.637. The Hall–Kier alpha value is -1.95. The number of imidazole rings is 1. The molecule has 2 aliphatic heterocycles. The number of rotatable bonds is 2. The third-order valence-electron chi connectivity index (χ3n) is 4.17. The molecule has 0 aromatic carbocycles. The Labute approximate surface area is 147 Å². The second kappa shape index (κ2) is 6.09. The molecule has 0 radical (unpaired) electrons. The molecule has 0 aliphatic carbocycles. The highest BCUT2D eigenvalue weighted by molar-refractivity contribution is 7.89. The molecule has 25 heavy (non-hydrogen) atoms. The fourth-order valence-corrected chi connectivity index (χ4v) is 4.96. The van der Waals surface area contributed by atoms with Gasteiger partial charge in [0.05, 0.1) is 28.9 Å². The van der Waals surface area contributed by atoms with E-state index in [1.807, 2.05) is 0 Å². The lowest BCUT2D eigenvalue weighted by Crippen LogP contribution is -2.45. The Kier molecular flexibility index (Phi) is 4.02. The van der Waals surface area contributed by atoms with Gasteiger partial charge in [0.2, 0.25) is 0 Å². The number of aliphatic hydroxyl groups excluding tert-OH is 1. The van der Waals surface area contributed by atoms with Crippen LogP contribution in [-0.2, 0) is 19.0 Å². The lowest BCUT2D eigenvalue weighted by molar-refractivity contribution is -0.00113. The Balaban J connectivity index is 1.64. The van der Waals surface area contributed by atoms with Crippen LogP contribution in [0, 0.1) is 0 Å². The van der Waals surface area contributed by atoms with Crippen molar-refractivity contribution >= 4 is 32.4 Å². The minimum absolute atomic E-state index is 0.179. The maximum Gasteiger partial charge on any atom is 0.412 e. The van der Waals surface area contributed by atoms with Crippen LogP contribution < -0.4 is 0 Å². The number of carbonyl (C=O) groups excluding carboxylic acids is 1. The lowest BCUT2D eigenvalue weighted by atomic mass is 10.1. The van der Waals surface area contributed by atoms with Crippen LogP contribution in [0.1, 0.15) is 23.8 Å². The Morgan fingerprint density at radius 2 is 2.24 bits per heavy atom. The van der Waals surface area contributed by atoms with E-state index in [0.29, 0.717) is 11.3 Å². The molecule has 9 nitrogen and oxygen atoms in total. The molecule has 4 heterocycles. The Morgan fingerprint density at radius 1 is 1.40 bits per heavy atom. The number of fused-ring (bicyclic) bond motifs is 2. The van der Waals surface area contributed by atoms with Crippen LogP contribution in [-0.4, -0.2) is 52.8 Å². The molecule has 1 amide bonds. The second-order valence-corrected chi connectivity index (χ2v) is 8.31. The Bertz CT molecular complexity index is 905. The molecule has 2 aromatic heterocycles. The molecule has 11 heteroatoms. The van der Waals surface area contributed by atoms with Gasteiger partial charge in [-0.2, -0.15) is 8.42 Å². The number of thiazole rings is 1. The van der Waals surface area contributed by atoms with Gasteiger partial charge >= 0.3 is 6.09 Å². The molecule has 0 spiro atoms. The van der Waals surface area contributed by atoms with Crippen molar-refractivity contribution in [2.24, 2.45) is 0 Å². The maximum absolute atomic E-state index is 12.4. The molecule has 4 rings (SSSR count). The van der Waals surface area contributed by atoms with Crippen LogP contribution in [0.15, 0.2) is 30.2 Å². The molecule has 2 aromatic rings. The smallest absolute Gasteiger partial charge is 0.412 e. The van der Waals surface area contributed by atoms with Crippen molar-refractivity contribution in [3.63, 3.8) is 0 Å². The van der Waals surface area contributed by atoms with E-state index in [1.54, 1.807) is 23.1 Å². The molecule has 1 saturated heterocycles. The van der Waals surface area contributed by atoms with Crippen molar-refractivity contribution in [3.8, 4) is 0 Å². The first-order valence-corrected chi connectivity index (χ1v) is 9.88. The molecule has 3 atom stereocenters. The molecule has 1 fully saturated rings. The van der Waals surface area contributed by atoms with Crippen molar-refractivity contribution < 1.29 is 27.2 Å². The predicted molar refractivity (Wildman–Crippen MR) is 87.2 cm³/mol. The summed E-state index contributed by atoms with van der Waals surface area (Å²) < 4.78 is 35.7. The minimum atomic E-state index is -3.91. The van der Waals surface area contributed by atoms with E-state index >= 15 is 0 Å². The van der Waals surface area contributed by atoms with Crippen LogP contribution in [0.3, 0.4) is 0 Å². The van der Waals surface area contributed by atoms with Crippen molar-refractivity contribution in [2.45, 2.75) is 31.2 Å². The largest absolute Gasteiger partial charge is 0.445 e. The fourth-order valence-electron chi connectivity index (χ4n) is 3.08. The zero-order chi connectivity index (χ0) is 17.6. The monoisotopic (exact) mass is 385 g/mol. The first-order valence-electron chi connectivity index (χ1n) is 7.59. The molecule has 2 aliphatic rings. The van der Waals surface area contributed by atoms with Gasteiger partial charge in [0.15, 0.2) is 6.23 Å². The van der Waals surface area contributed by atoms with Gasteiger partial charge in [0, 0.05) is 6.20 Å². The quantitative estimate of drug-likeness (QED) is 0.774. The first-order chi connectivity index (χ1) is 11.9. The summed E-state index contributed by atoms with van der Waals surface area (Å²) in [7, 11) is -3.91. The van der Waals surface area contributed by atoms with Crippen LogP contribution in [0.4, 0.5) is 4.79 Å². The van der Waals surface area contributed by atoms with Crippen LogP contribution in [0.25, 0.3) is 4.83 Å². The number of aliphatic hydroxyl groups is 1. The third kappa shape index (κ3) is 3.03. The van der Waals surface area contributed by atoms with Crippen LogP contribution in [0.5, 0.6) is 0 Å². The molecule has 2 unspecified atom stereocenters. The highest BCUT2D eigenvalue weighted by Crippen LogP contribution is 2.37. The van der Waals surface area contributed by atoms with Gasteiger partial charge in [-0.3, -0.25) is 9.30 Å². The summed E-state index contributed by atoms with van der Waals surface area (Å²) in [5.41, 5.74) is 0. The fraction of sp³-hybridized carbons (Fsp3) is 0.429. The Morgan fingerprint density at radius 3 is 3.04 bits per heavy atom. The summed E-state index contributed by atoms with van der Waals surface area (Å²) >= 11 is 1.35. The van der Waals surface area contributed by atoms with Gasteiger partial charge in [-0.05, 0) is 18.9 Å². The number of nitrogens with zero attached hydrogens (tertiary/aromatic N) is 3. The summed E-state index contributed by atoms with van der Waals surface area (Å²) in [5.74, 6) is 0. The van der Waals surface area contributed by atoms with Gasteiger partial charge in [0.25, 0.3) is 10.1 Å². The van der Waals surface area contributed by atoms with Crippen LogP contribution >= 0.6 is 11.3 Å². The van der Waals surface area contributed by atoms with Gasteiger partial charge in [-0.15, -0.1) is 11.3 Å². The molecule has 0 saturated carbocycles. The highest BCUT2D eigenvalue weighted by Gasteiger charge is 2.45. The number of ether oxygens (including phenoxy) is 1. The number of hydrogen-bond donors (Lipinski definition) is 1. The van der Waals surface area contributed by atoms with Crippen molar-refractivity contribution in [2.75, 3.05) is 6.61 Å². The zero-order valence-electron chi connectivity index (χ0n) is 12.9. The maximum atomic E-state index is 12.4. The zero-order valence-corrected chi connectivity index (χ0v) is 14.5. The van der Waals surface area contributed by atoms with Crippen molar-refractivity contribution in [1.29, 1.82) is 0 Å². The first kappa shape index (κ1) is 16.5. The van der Waals surface area contributed by atoms with Crippen molar-refractivity contribution in [1.82, 2.24) is 14.3 Å². The minimum Gasteiger partial charge on any atom is -0.445 e. The van der Waals surface area contributed by atoms with Crippen molar-refractivity contribution in [3.05, 3.63) is 35.1 Å². The molecule has 1 N–H and O–H groups in total. The lowest BCUT2D eigenvalue weighted by Gasteiger charge is -2.30. The molecule has 134 valence electrons. The number of hydrogen-bond acceptors (Lipinski definition) is 8. The molecular weight excluding hydrogens is 370 g/mol. The predicted octanol–water partition coefficient (Wildman–Crippen LogP) is 1.23. The van der Waals surface area contributed by atoms with E-state index < -0.39 is 34.6 Å². The van der Waals surface area contributed by atoms with Gasteiger partial charge < -0.3 is 9.84 Å². The number of carbonyl (C=O) groups is 1. The van der Waals surface area contributed by atoms with E-state index in [0.717, 1.165) is 10.2 Å². The van der Waals surface area contributed by atoms with E-state index in [-0.39, 0.29) is 13.0 Å². The van der Waals surface area contributed by atoms with Crippen LogP contribution in [0.2, 0.25) is 0 Å². The molecular formula is C14H15N3O6S2. The van der Waals surface area contributed by atoms with Gasteiger partial charge in [0.1, 0.15) is 17.5 Å². The van der Waals surface area contributed by atoms with Gasteiger partial charge in [-0.1, -0.05) is 0 Å². The van der Waals surface area contributed by atoms with E-state index in [2.05, 4.69) is 4.98 Å². The summed E-state index contributed by atoms with van der Waals surface area (Å²) in [4.78, 5) is 19.0. The summed E-state index contributed by atoms with van der Waals surface area (Å²) in [6.45, 7) is -0.179. The topological polar surface area (TPSA) is 110 Å². The standard InChI is InChI=1S/C14H15N3O6S2/c18-13(10-7-16-8-15-6-12(16)24-10)9-2-3-11-17(9)14(19)22-4-1-5-25(20,21)23-11/h1,5-9,11,13,18H,2-4H2/t9-,11?,13?/m0/s1. The van der Waals surface area contributed by atoms with E-state index in [9.17, 15) is 18.3 Å². The summed E-state index contributed by atoms with van der Waals surface area (Å²) in [5, 5.41) is 11.6.